The predicted molar refractivity (Wildman–Crippen MR) is 86.7 cm³/mol. The van der Waals surface area contributed by atoms with Crippen LogP contribution in [0, 0.1) is 17.8 Å². The van der Waals surface area contributed by atoms with Gasteiger partial charge in [0.1, 0.15) is 0 Å². The van der Waals surface area contributed by atoms with Gasteiger partial charge in [0, 0.05) is 18.1 Å². The van der Waals surface area contributed by atoms with E-state index < -0.39 is 6.10 Å². The molecule has 0 bridgehead atoms. The van der Waals surface area contributed by atoms with Crippen LogP contribution >= 0.6 is 0 Å². The molecule has 2 atom stereocenters. The second-order valence-corrected chi connectivity index (χ2v) is 5.34. The summed E-state index contributed by atoms with van der Waals surface area (Å²) >= 11 is 0. The molecule has 116 valence electrons. The number of aliphatic hydroxyl groups is 2. The predicted octanol–water partition coefficient (Wildman–Crippen LogP) is 2.61. The number of nitrogens with two attached hydrogens (primary N) is 1. The molecule has 0 aromatic heterocycles. The summed E-state index contributed by atoms with van der Waals surface area (Å²) in [6.45, 7) is 2.84. The zero-order valence-corrected chi connectivity index (χ0v) is 12.9. The van der Waals surface area contributed by atoms with Crippen LogP contribution in [0.3, 0.4) is 0 Å². The maximum absolute atomic E-state index is 9.97. The van der Waals surface area contributed by atoms with E-state index in [1.54, 1.807) is 0 Å². The Labute approximate surface area is 128 Å². The van der Waals surface area contributed by atoms with E-state index in [9.17, 15) is 5.11 Å². The molecule has 1 aromatic carbocycles. The Balaban J connectivity index is 2.76. The Morgan fingerprint density at radius 2 is 2.05 bits per heavy atom. The van der Waals surface area contributed by atoms with E-state index >= 15 is 0 Å². The molecular formula is C18H27NO2. The SMILES string of the molecule is CCCC(C#Cc1cccc(C(O)CCN)c1)CCCO. The fraction of sp³-hybridized carbons (Fsp3) is 0.556. The first-order valence-corrected chi connectivity index (χ1v) is 7.81. The Kier molecular flexibility index (Phi) is 8.77. The zero-order valence-electron chi connectivity index (χ0n) is 12.9. The third-order valence-corrected chi connectivity index (χ3v) is 3.48. The molecule has 3 nitrogen and oxygen atoms in total. The van der Waals surface area contributed by atoms with Crippen LogP contribution in [0.25, 0.3) is 0 Å². The van der Waals surface area contributed by atoms with Gasteiger partial charge in [-0.25, -0.2) is 0 Å². The van der Waals surface area contributed by atoms with Crippen molar-refractivity contribution < 1.29 is 10.2 Å². The maximum Gasteiger partial charge on any atom is 0.0802 e. The van der Waals surface area contributed by atoms with Crippen molar-refractivity contribution >= 4 is 0 Å². The summed E-state index contributed by atoms with van der Waals surface area (Å²) < 4.78 is 0. The Hall–Kier alpha value is -1.34. The summed E-state index contributed by atoms with van der Waals surface area (Å²) in [7, 11) is 0. The van der Waals surface area contributed by atoms with Crippen LogP contribution in [0.5, 0.6) is 0 Å². The molecule has 0 heterocycles. The smallest absolute Gasteiger partial charge is 0.0802 e. The molecule has 3 heteroatoms. The summed E-state index contributed by atoms with van der Waals surface area (Å²) in [6.07, 6.45) is 3.94. The van der Waals surface area contributed by atoms with Crippen LogP contribution in [0.2, 0.25) is 0 Å². The van der Waals surface area contributed by atoms with E-state index in [0.717, 1.165) is 36.8 Å². The van der Waals surface area contributed by atoms with Crippen LogP contribution in [0.4, 0.5) is 0 Å². The Morgan fingerprint density at radius 3 is 2.71 bits per heavy atom. The molecule has 0 amide bonds. The van der Waals surface area contributed by atoms with Gasteiger partial charge in [0.15, 0.2) is 0 Å². The van der Waals surface area contributed by atoms with E-state index in [0.29, 0.717) is 18.9 Å². The first kappa shape index (κ1) is 17.7. The van der Waals surface area contributed by atoms with Gasteiger partial charge < -0.3 is 15.9 Å². The fourth-order valence-corrected chi connectivity index (χ4v) is 2.31. The summed E-state index contributed by atoms with van der Waals surface area (Å²) in [5.74, 6) is 6.84. The molecule has 0 saturated heterocycles. The van der Waals surface area contributed by atoms with Gasteiger partial charge in [-0.05, 0) is 49.9 Å². The molecule has 1 rings (SSSR count). The number of aliphatic hydroxyl groups excluding tert-OH is 2. The molecule has 0 aliphatic rings. The molecule has 4 N–H and O–H groups in total. The van der Waals surface area contributed by atoms with Crippen molar-refractivity contribution in [1.29, 1.82) is 0 Å². The highest BCUT2D eigenvalue weighted by Gasteiger charge is 2.06. The minimum absolute atomic E-state index is 0.225. The van der Waals surface area contributed by atoms with Crippen molar-refractivity contribution in [3.05, 3.63) is 35.4 Å². The van der Waals surface area contributed by atoms with Gasteiger partial charge in [-0.1, -0.05) is 37.3 Å². The van der Waals surface area contributed by atoms with Crippen molar-refractivity contribution in [3.63, 3.8) is 0 Å². The van der Waals surface area contributed by atoms with Crippen LogP contribution in [0.1, 0.15) is 56.3 Å². The highest BCUT2D eigenvalue weighted by Crippen LogP contribution is 2.17. The average Bonchev–Trinajstić information content (AvgIpc) is 2.50. The van der Waals surface area contributed by atoms with Crippen LogP contribution in [-0.2, 0) is 0 Å². The lowest BCUT2D eigenvalue weighted by atomic mass is 9.98. The molecule has 0 radical (unpaired) electrons. The molecule has 21 heavy (non-hydrogen) atoms. The summed E-state index contributed by atoms with van der Waals surface area (Å²) in [5.41, 5.74) is 7.27. The van der Waals surface area contributed by atoms with E-state index in [-0.39, 0.29) is 6.61 Å². The third-order valence-electron chi connectivity index (χ3n) is 3.48. The summed E-state index contributed by atoms with van der Waals surface area (Å²) in [5, 5.41) is 18.9. The molecule has 0 aliphatic carbocycles. The molecule has 0 fully saturated rings. The van der Waals surface area contributed by atoms with Crippen LogP contribution in [-0.4, -0.2) is 23.4 Å². The summed E-state index contributed by atoms with van der Waals surface area (Å²) in [4.78, 5) is 0. The first-order chi connectivity index (χ1) is 10.2. The minimum Gasteiger partial charge on any atom is -0.396 e. The first-order valence-electron chi connectivity index (χ1n) is 7.81. The highest BCUT2D eigenvalue weighted by molar-refractivity contribution is 5.38. The van der Waals surface area contributed by atoms with Gasteiger partial charge >= 0.3 is 0 Å². The third kappa shape index (κ3) is 6.77. The lowest BCUT2D eigenvalue weighted by Crippen LogP contribution is -2.06. The standard InChI is InChI=1S/C18H27NO2/c1-2-5-15(7-4-13-20)9-10-16-6-3-8-17(14-16)18(21)11-12-19/h3,6,8,14-15,18,20-21H,2,4-5,7,11-13,19H2,1H3. The van der Waals surface area contributed by atoms with Crippen molar-refractivity contribution in [1.82, 2.24) is 0 Å². The van der Waals surface area contributed by atoms with Gasteiger partial charge in [0.25, 0.3) is 0 Å². The topological polar surface area (TPSA) is 66.5 Å². The Morgan fingerprint density at radius 1 is 1.24 bits per heavy atom. The molecular weight excluding hydrogens is 262 g/mol. The molecule has 1 aromatic rings. The van der Waals surface area contributed by atoms with Crippen molar-refractivity contribution in [2.75, 3.05) is 13.2 Å². The quantitative estimate of drug-likeness (QED) is 0.644. The molecule has 2 unspecified atom stereocenters. The normalized spacial score (nSPS) is 13.3. The minimum atomic E-state index is -0.516. The largest absolute Gasteiger partial charge is 0.396 e. The monoisotopic (exact) mass is 289 g/mol. The number of hydrogen-bond donors (Lipinski definition) is 3. The van der Waals surface area contributed by atoms with Crippen molar-refractivity contribution in [2.45, 2.75) is 45.1 Å². The van der Waals surface area contributed by atoms with E-state index in [4.69, 9.17) is 10.8 Å². The van der Waals surface area contributed by atoms with Gasteiger partial charge in [-0.3, -0.25) is 0 Å². The highest BCUT2D eigenvalue weighted by atomic mass is 16.3. The van der Waals surface area contributed by atoms with Gasteiger partial charge in [0.05, 0.1) is 6.10 Å². The van der Waals surface area contributed by atoms with Gasteiger partial charge in [-0.15, -0.1) is 0 Å². The second-order valence-electron chi connectivity index (χ2n) is 5.34. The van der Waals surface area contributed by atoms with Crippen LogP contribution < -0.4 is 5.73 Å². The second kappa shape index (κ2) is 10.4. The maximum atomic E-state index is 9.97. The van der Waals surface area contributed by atoms with Crippen molar-refractivity contribution in [2.24, 2.45) is 11.7 Å². The van der Waals surface area contributed by atoms with Gasteiger partial charge in [0.2, 0.25) is 0 Å². The van der Waals surface area contributed by atoms with Gasteiger partial charge in [-0.2, -0.15) is 0 Å². The van der Waals surface area contributed by atoms with E-state index in [1.165, 1.54) is 0 Å². The Bertz CT molecular complexity index is 462. The molecule has 0 saturated carbocycles. The molecule has 0 aliphatic heterocycles. The summed E-state index contributed by atoms with van der Waals surface area (Å²) in [6, 6.07) is 7.71. The zero-order chi connectivity index (χ0) is 15.5. The molecule has 0 spiro atoms. The van der Waals surface area contributed by atoms with E-state index in [2.05, 4.69) is 18.8 Å². The average molecular weight is 289 g/mol. The number of hydrogen-bond acceptors (Lipinski definition) is 3. The fourth-order valence-electron chi connectivity index (χ4n) is 2.31. The van der Waals surface area contributed by atoms with E-state index in [1.807, 2.05) is 24.3 Å². The number of benzene rings is 1. The van der Waals surface area contributed by atoms with Crippen molar-refractivity contribution in [3.8, 4) is 11.8 Å². The number of rotatable bonds is 8. The lowest BCUT2D eigenvalue weighted by Gasteiger charge is -2.10. The van der Waals surface area contributed by atoms with Crippen LogP contribution in [0.15, 0.2) is 24.3 Å². The lowest BCUT2D eigenvalue weighted by molar-refractivity contribution is 0.170.